The third-order valence-corrected chi connectivity index (χ3v) is 9.97. The minimum atomic E-state index is -3.72. The predicted octanol–water partition coefficient (Wildman–Crippen LogP) is 4.39. The molecule has 0 radical (unpaired) electrons. The molecule has 5 rings (SSSR count). The highest BCUT2D eigenvalue weighted by Crippen LogP contribution is 2.40. The SMILES string of the molecule is COc1ccc(C(=O)N2CCc3sccc3C2c2cccs2)cc1S(=O)(=O)N1CCCC1. The molecule has 0 bridgehead atoms. The number of sulfonamides is 1. The Kier molecular flexibility index (Phi) is 5.83. The van der Waals surface area contributed by atoms with Crippen LogP contribution in [0, 0.1) is 0 Å². The molecule has 2 aliphatic rings. The van der Waals surface area contributed by atoms with Gasteiger partial charge in [0.15, 0.2) is 0 Å². The molecule has 3 aromatic rings. The fourth-order valence-corrected chi connectivity index (χ4v) is 7.99. The molecule has 2 aliphatic heterocycles. The largest absolute Gasteiger partial charge is 0.495 e. The van der Waals surface area contributed by atoms with Gasteiger partial charge in [0, 0.05) is 35.0 Å². The number of nitrogens with zero attached hydrogens (tertiary/aromatic N) is 2. The minimum absolute atomic E-state index is 0.0636. The molecule has 9 heteroatoms. The van der Waals surface area contributed by atoms with E-state index in [0.717, 1.165) is 29.7 Å². The van der Waals surface area contributed by atoms with Crippen molar-refractivity contribution in [2.24, 2.45) is 0 Å². The first kappa shape index (κ1) is 21.6. The molecular formula is C23H24N2O4S3. The van der Waals surface area contributed by atoms with Gasteiger partial charge in [-0.3, -0.25) is 4.79 Å². The number of hydrogen-bond acceptors (Lipinski definition) is 6. The van der Waals surface area contributed by atoms with Crippen LogP contribution in [-0.2, 0) is 16.4 Å². The van der Waals surface area contributed by atoms with Gasteiger partial charge >= 0.3 is 0 Å². The first-order valence-electron chi connectivity index (χ1n) is 10.6. The standard InChI is InChI=1S/C23H24N2O4S3/c1-29-18-7-6-16(15-21(18)32(27,28)24-10-2-3-11-24)23(26)25-12-8-19-17(9-14-31-19)22(25)20-5-4-13-30-20/h4-7,9,13-15,22H,2-3,8,10-12H2,1H3. The Morgan fingerprint density at radius 1 is 1.06 bits per heavy atom. The fourth-order valence-electron chi connectivity index (χ4n) is 4.53. The zero-order valence-corrected chi connectivity index (χ0v) is 20.1. The summed E-state index contributed by atoms with van der Waals surface area (Å²) in [6.45, 7) is 1.59. The van der Waals surface area contributed by atoms with E-state index in [1.807, 2.05) is 16.3 Å². The molecule has 1 aromatic carbocycles. The van der Waals surface area contributed by atoms with Crippen LogP contribution in [0.5, 0.6) is 5.75 Å². The van der Waals surface area contributed by atoms with E-state index in [1.165, 1.54) is 22.4 Å². The van der Waals surface area contributed by atoms with Gasteiger partial charge in [0.25, 0.3) is 5.91 Å². The summed E-state index contributed by atoms with van der Waals surface area (Å²) in [5.74, 6) is 0.0998. The van der Waals surface area contributed by atoms with E-state index in [1.54, 1.807) is 34.8 Å². The molecule has 1 unspecified atom stereocenters. The Balaban J connectivity index is 1.54. The van der Waals surface area contributed by atoms with Crippen molar-refractivity contribution >= 4 is 38.6 Å². The molecule has 1 saturated heterocycles. The molecule has 0 N–H and O–H groups in total. The summed E-state index contributed by atoms with van der Waals surface area (Å²) in [6.07, 6.45) is 2.49. The van der Waals surface area contributed by atoms with E-state index >= 15 is 0 Å². The van der Waals surface area contributed by atoms with Crippen LogP contribution in [0.2, 0.25) is 0 Å². The van der Waals surface area contributed by atoms with Crippen LogP contribution < -0.4 is 4.74 Å². The van der Waals surface area contributed by atoms with Crippen molar-refractivity contribution in [3.8, 4) is 5.75 Å². The van der Waals surface area contributed by atoms with E-state index in [9.17, 15) is 13.2 Å². The summed E-state index contributed by atoms with van der Waals surface area (Å²) in [4.78, 5) is 18.1. The third-order valence-electron chi connectivity index (χ3n) is 6.13. The van der Waals surface area contributed by atoms with Gasteiger partial charge in [-0.05, 0) is 65.9 Å². The van der Waals surface area contributed by atoms with Crippen molar-refractivity contribution in [1.29, 1.82) is 0 Å². The summed E-state index contributed by atoms with van der Waals surface area (Å²) in [5.41, 5.74) is 1.53. The van der Waals surface area contributed by atoms with E-state index in [0.29, 0.717) is 25.2 Å². The number of methoxy groups -OCH3 is 1. The highest BCUT2D eigenvalue weighted by Gasteiger charge is 2.35. The molecule has 168 valence electrons. The smallest absolute Gasteiger partial charge is 0.254 e. The lowest BCUT2D eigenvalue weighted by Gasteiger charge is -2.35. The van der Waals surface area contributed by atoms with E-state index < -0.39 is 10.0 Å². The van der Waals surface area contributed by atoms with Gasteiger partial charge in [-0.25, -0.2) is 8.42 Å². The van der Waals surface area contributed by atoms with Gasteiger partial charge in [-0.2, -0.15) is 4.31 Å². The number of hydrogen-bond donors (Lipinski definition) is 0. The molecule has 1 atom stereocenters. The molecule has 0 saturated carbocycles. The van der Waals surface area contributed by atoms with Crippen LogP contribution in [0.3, 0.4) is 0 Å². The fraction of sp³-hybridized carbons (Fsp3) is 0.348. The molecule has 0 spiro atoms. The lowest BCUT2D eigenvalue weighted by Crippen LogP contribution is -2.40. The molecule has 1 amide bonds. The monoisotopic (exact) mass is 488 g/mol. The molecule has 2 aromatic heterocycles. The lowest BCUT2D eigenvalue weighted by molar-refractivity contribution is 0.0698. The predicted molar refractivity (Wildman–Crippen MR) is 126 cm³/mol. The van der Waals surface area contributed by atoms with Crippen molar-refractivity contribution in [2.75, 3.05) is 26.7 Å². The van der Waals surface area contributed by atoms with Gasteiger partial charge < -0.3 is 9.64 Å². The first-order chi connectivity index (χ1) is 15.5. The van der Waals surface area contributed by atoms with E-state index in [2.05, 4.69) is 17.5 Å². The second-order valence-corrected chi connectivity index (χ2v) is 11.8. The Hall–Kier alpha value is -2.20. The third kappa shape index (κ3) is 3.67. The Morgan fingerprint density at radius 3 is 2.59 bits per heavy atom. The Labute approximate surface area is 196 Å². The number of carbonyl (C=O) groups excluding carboxylic acids is 1. The van der Waals surface area contributed by atoms with Gasteiger partial charge in [0.05, 0.1) is 13.2 Å². The molecule has 1 fully saturated rings. The van der Waals surface area contributed by atoms with Crippen molar-refractivity contribution in [2.45, 2.75) is 30.2 Å². The van der Waals surface area contributed by atoms with Crippen LogP contribution >= 0.6 is 22.7 Å². The van der Waals surface area contributed by atoms with Crippen LogP contribution in [0.15, 0.2) is 52.1 Å². The quantitative estimate of drug-likeness (QED) is 0.534. The number of benzene rings is 1. The van der Waals surface area contributed by atoms with Crippen molar-refractivity contribution < 1.29 is 17.9 Å². The summed E-state index contributed by atoms with van der Waals surface area (Å²) >= 11 is 3.36. The number of ether oxygens (including phenoxy) is 1. The van der Waals surface area contributed by atoms with Crippen molar-refractivity contribution in [3.63, 3.8) is 0 Å². The van der Waals surface area contributed by atoms with E-state index in [4.69, 9.17) is 4.74 Å². The maximum Gasteiger partial charge on any atom is 0.254 e. The Morgan fingerprint density at radius 2 is 1.88 bits per heavy atom. The number of amides is 1. The van der Waals surface area contributed by atoms with Gasteiger partial charge in [-0.15, -0.1) is 22.7 Å². The summed E-state index contributed by atoms with van der Waals surface area (Å²) in [7, 11) is -2.27. The van der Waals surface area contributed by atoms with Crippen molar-refractivity contribution in [1.82, 2.24) is 9.21 Å². The number of carbonyl (C=O) groups is 1. The average Bonchev–Trinajstić information content (AvgIpc) is 3.59. The average molecular weight is 489 g/mol. The second kappa shape index (κ2) is 8.62. The molecule has 32 heavy (non-hydrogen) atoms. The normalized spacial score (nSPS) is 19.2. The van der Waals surface area contributed by atoms with Crippen LogP contribution in [0.25, 0.3) is 0 Å². The van der Waals surface area contributed by atoms with Crippen LogP contribution in [0.4, 0.5) is 0 Å². The number of fused-ring (bicyclic) bond motifs is 1. The van der Waals surface area contributed by atoms with E-state index in [-0.39, 0.29) is 22.6 Å². The molecule has 4 heterocycles. The van der Waals surface area contributed by atoms with Crippen molar-refractivity contribution in [3.05, 3.63) is 68.0 Å². The maximum atomic E-state index is 13.7. The van der Waals surface area contributed by atoms with Crippen LogP contribution in [-0.4, -0.2) is 50.3 Å². The Bertz CT molecular complexity index is 1230. The highest BCUT2D eigenvalue weighted by atomic mass is 32.2. The van der Waals surface area contributed by atoms with Gasteiger partial charge in [0.2, 0.25) is 10.0 Å². The second-order valence-electron chi connectivity index (χ2n) is 7.94. The summed E-state index contributed by atoms with van der Waals surface area (Å²) < 4.78 is 33.4. The maximum absolute atomic E-state index is 13.7. The number of rotatable bonds is 5. The number of thiophene rings is 2. The van der Waals surface area contributed by atoms with Crippen LogP contribution in [0.1, 0.15) is 44.6 Å². The summed E-state index contributed by atoms with van der Waals surface area (Å²) in [5, 5.41) is 4.10. The van der Waals surface area contributed by atoms with Gasteiger partial charge in [0.1, 0.15) is 10.6 Å². The zero-order chi connectivity index (χ0) is 22.3. The molecule has 0 aliphatic carbocycles. The zero-order valence-electron chi connectivity index (χ0n) is 17.7. The molecular weight excluding hydrogens is 464 g/mol. The highest BCUT2D eigenvalue weighted by molar-refractivity contribution is 7.89. The first-order valence-corrected chi connectivity index (χ1v) is 13.8. The topological polar surface area (TPSA) is 66.9 Å². The molecule has 6 nitrogen and oxygen atoms in total. The minimum Gasteiger partial charge on any atom is -0.495 e. The summed E-state index contributed by atoms with van der Waals surface area (Å²) in [6, 6.07) is 10.7. The lowest BCUT2D eigenvalue weighted by atomic mass is 9.97. The van der Waals surface area contributed by atoms with Gasteiger partial charge in [-0.1, -0.05) is 6.07 Å².